The first-order valence-electron chi connectivity index (χ1n) is 8.90. The molecule has 3 aromatic rings. The summed E-state index contributed by atoms with van der Waals surface area (Å²) in [6.07, 6.45) is -9.72. The van der Waals surface area contributed by atoms with Crippen LogP contribution < -0.4 is 5.56 Å². The molecule has 0 spiro atoms. The van der Waals surface area contributed by atoms with Crippen LogP contribution in [0.4, 0.5) is 26.3 Å². The van der Waals surface area contributed by atoms with Crippen molar-refractivity contribution in [2.45, 2.75) is 25.8 Å². The quantitative estimate of drug-likeness (QED) is 0.489. The van der Waals surface area contributed by atoms with Crippen LogP contribution >= 0.6 is 0 Å². The fourth-order valence-corrected chi connectivity index (χ4v) is 3.28. The van der Waals surface area contributed by atoms with Crippen LogP contribution in [0.3, 0.4) is 0 Å². The van der Waals surface area contributed by atoms with E-state index in [1.165, 1.54) is 30.3 Å². The van der Waals surface area contributed by atoms with Crippen LogP contribution in [0.5, 0.6) is 0 Å². The molecule has 0 saturated carbocycles. The molecule has 1 aromatic heterocycles. The Morgan fingerprint density at radius 1 is 0.903 bits per heavy atom. The molecule has 0 radical (unpaired) electrons. The number of aryl methyl sites for hydroxylation is 1. The second-order valence-electron chi connectivity index (χ2n) is 6.84. The normalized spacial score (nSPS) is 11.9. The molecule has 0 fully saturated rings. The number of nitriles is 1. The van der Waals surface area contributed by atoms with Crippen LogP contribution in [0.15, 0.2) is 59.4 Å². The van der Waals surface area contributed by atoms with Crippen LogP contribution in [0.25, 0.3) is 11.3 Å². The lowest BCUT2D eigenvalue weighted by molar-refractivity contribution is -0.138. The molecule has 160 valence electrons. The van der Waals surface area contributed by atoms with Crippen LogP contribution in [0.1, 0.15) is 27.8 Å². The van der Waals surface area contributed by atoms with Crippen LogP contribution in [-0.2, 0) is 18.9 Å². The van der Waals surface area contributed by atoms with Crippen LogP contribution in [0, 0.1) is 18.3 Å². The molecule has 0 aliphatic heterocycles. The maximum absolute atomic E-state index is 13.5. The molecule has 0 aliphatic carbocycles. The van der Waals surface area contributed by atoms with E-state index < -0.39 is 41.1 Å². The first-order valence-corrected chi connectivity index (χ1v) is 8.90. The molecule has 3 nitrogen and oxygen atoms in total. The van der Waals surface area contributed by atoms with Gasteiger partial charge in [0.25, 0.3) is 5.56 Å². The van der Waals surface area contributed by atoms with Gasteiger partial charge in [0.15, 0.2) is 0 Å². The third-order valence-corrected chi connectivity index (χ3v) is 4.68. The van der Waals surface area contributed by atoms with Crippen molar-refractivity contribution < 1.29 is 26.3 Å². The molecule has 0 unspecified atom stereocenters. The van der Waals surface area contributed by atoms with Gasteiger partial charge in [-0.05, 0) is 36.2 Å². The highest BCUT2D eigenvalue weighted by molar-refractivity contribution is 5.63. The number of alkyl halides is 6. The van der Waals surface area contributed by atoms with Crippen molar-refractivity contribution in [2.24, 2.45) is 0 Å². The highest BCUT2D eigenvalue weighted by Crippen LogP contribution is 2.35. The highest BCUT2D eigenvalue weighted by atomic mass is 19.4. The summed E-state index contributed by atoms with van der Waals surface area (Å²) in [5.74, 6) is 0. The lowest BCUT2D eigenvalue weighted by Crippen LogP contribution is -2.29. The highest BCUT2D eigenvalue weighted by Gasteiger charge is 2.37. The second kappa shape index (κ2) is 7.95. The predicted molar refractivity (Wildman–Crippen MR) is 101 cm³/mol. The number of hydrogen-bond donors (Lipinski definition) is 0. The summed E-state index contributed by atoms with van der Waals surface area (Å²) in [5, 5.41) is 9.20. The number of rotatable bonds is 3. The van der Waals surface area contributed by atoms with Crippen LogP contribution in [-0.4, -0.2) is 4.57 Å². The van der Waals surface area contributed by atoms with E-state index in [9.17, 15) is 36.4 Å². The second-order valence-corrected chi connectivity index (χ2v) is 6.84. The fraction of sp³-hybridized carbons (Fsp3) is 0.182. The summed E-state index contributed by atoms with van der Waals surface area (Å²) in [6.45, 7) is 1.02. The summed E-state index contributed by atoms with van der Waals surface area (Å²) in [4.78, 5) is 12.9. The van der Waals surface area contributed by atoms with Gasteiger partial charge in [-0.2, -0.15) is 31.6 Å². The summed E-state index contributed by atoms with van der Waals surface area (Å²) >= 11 is 0. The monoisotopic (exact) mass is 436 g/mol. The summed E-state index contributed by atoms with van der Waals surface area (Å²) in [5.41, 5.74) is -4.61. The number of pyridine rings is 1. The van der Waals surface area contributed by atoms with Gasteiger partial charge in [-0.15, -0.1) is 0 Å². The van der Waals surface area contributed by atoms with Gasteiger partial charge in [0.05, 0.1) is 23.4 Å². The van der Waals surface area contributed by atoms with E-state index in [1.807, 2.05) is 0 Å². The Kier molecular flexibility index (Phi) is 5.68. The number of benzene rings is 2. The van der Waals surface area contributed by atoms with E-state index in [-0.39, 0.29) is 16.8 Å². The Labute approximate surface area is 172 Å². The fourth-order valence-electron chi connectivity index (χ4n) is 3.28. The molecule has 0 aliphatic rings. The summed E-state index contributed by atoms with van der Waals surface area (Å²) in [6, 6.07) is 12.5. The van der Waals surface area contributed by atoms with Crippen molar-refractivity contribution in [1.29, 1.82) is 5.26 Å². The Morgan fingerprint density at radius 2 is 1.55 bits per heavy atom. The van der Waals surface area contributed by atoms with Crippen molar-refractivity contribution in [1.82, 2.24) is 4.57 Å². The lowest BCUT2D eigenvalue weighted by atomic mass is 10.0. The van der Waals surface area contributed by atoms with Crippen molar-refractivity contribution in [3.05, 3.63) is 92.8 Å². The van der Waals surface area contributed by atoms with Gasteiger partial charge in [0, 0.05) is 0 Å². The summed E-state index contributed by atoms with van der Waals surface area (Å²) < 4.78 is 81.6. The molecule has 31 heavy (non-hydrogen) atoms. The average molecular weight is 436 g/mol. The van der Waals surface area contributed by atoms with Crippen LogP contribution in [0.2, 0.25) is 0 Å². The van der Waals surface area contributed by atoms with Gasteiger partial charge in [0.2, 0.25) is 0 Å². The molecule has 0 saturated heterocycles. The van der Waals surface area contributed by atoms with Gasteiger partial charge in [-0.25, -0.2) is 0 Å². The van der Waals surface area contributed by atoms with E-state index in [0.29, 0.717) is 11.6 Å². The molecule has 0 bridgehead atoms. The maximum atomic E-state index is 13.5. The first kappa shape index (κ1) is 22.2. The molecule has 9 heteroatoms. The standard InChI is InChI=1S/C22H14F6N2O/c1-13-5-4-7-14(9-13)19-10-18(22(26,27)28)16(11-29)20(31)30(19)12-15-6-2-3-8-17(15)21(23,24)25/h2-10H,12H2,1H3. The number of halogens is 6. The van der Waals surface area contributed by atoms with E-state index >= 15 is 0 Å². The molecule has 0 atom stereocenters. The number of nitrogens with zero attached hydrogens (tertiary/aromatic N) is 2. The zero-order chi connectivity index (χ0) is 23.0. The van der Waals surface area contributed by atoms with Gasteiger partial charge in [-0.3, -0.25) is 4.79 Å². The average Bonchev–Trinajstić information content (AvgIpc) is 2.68. The van der Waals surface area contributed by atoms with E-state index in [4.69, 9.17) is 0 Å². The minimum atomic E-state index is -4.99. The van der Waals surface area contributed by atoms with Crippen molar-refractivity contribution in [3.63, 3.8) is 0 Å². The zero-order valence-electron chi connectivity index (χ0n) is 16.0. The molecular formula is C22H14F6N2O. The predicted octanol–water partition coefficient (Wildman–Crippen LogP) is 5.78. The van der Waals surface area contributed by atoms with Gasteiger partial charge in [-0.1, -0.05) is 42.0 Å². The molecule has 3 rings (SSSR count). The number of aromatic nitrogens is 1. The molecule has 2 aromatic carbocycles. The van der Waals surface area contributed by atoms with Crippen molar-refractivity contribution in [3.8, 4) is 17.3 Å². The molecule has 0 amide bonds. The molecule has 0 N–H and O–H groups in total. The molecular weight excluding hydrogens is 422 g/mol. The van der Waals surface area contributed by atoms with E-state index in [1.54, 1.807) is 19.1 Å². The van der Waals surface area contributed by atoms with Gasteiger partial charge in [0.1, 0.15) is 11.6 Å². The van der Waals surface area contributed by atoms with Crippen molar-refractivity contribution in [2.75, 3.05) is 0 Å². The third kappa shape index (κ3) is 4.48. The SMILES string of the molecule is Cc1cccc(-c2cc(C(F)(F)F)c(C#N)c(=O)n2Cc2ccccc2C(F)(F)F)c1. The largest absolute Gasteiger partial charge is 0.417 e. The lowest BCUT2D eigenvalue weighted by Gasteiger charge is -2.19. The Balaban J connectivity index is 2.35. The Morgan fingerprint density at radius 3 is 2.13 bits per heavy atom. The smallest absolute Gasteiger partial charge is 0.303 e. The van der Waals surface area contributed by atoms with Crippen molar-refractivity contribution >= 4 is 0 Å². The van der Waals surface area contributed by atoms with E-state index in [2.05, 4.69) is 0 Å². The molecule has 1 heterocycles. The first-order chi connectivity index (χ1) is 14.4. The topological polar surface area (TPSA) is 45.8 Å². The third-order valence-electron chi connectivity index (χ3n) is 4.68. The maximum Gasteiger partial charge on any atom is 0.417 e. The summed E-state index contributed by atoms with van der Waals surface area (Å²) in [7, 11) is 0. The van der Waals surface area contributed by atoms with Gasteiger partial charge < -0.3 is 4.57 Å². The Hall–Kier alpha value is -3.54. The van der Waals surface area contributed by atoms with Gasteiger partial charge >= 0.3 is 12.4 Å². The Bertz CT molecular complexity index is 1230. The van der Waals surface area contributed by atoms with E-state index in [0.717, 1.165) is 16.7 Å². The number of hydrogen-bond acceptors (Lipinski definition) is 2. The minimum Gasteiger partial charge on any atom is -0.303 e. The minimum absolute atomic E-state index is 0.205. The zero-order valence-corrected chi connectivity index (χ0v) is 16.0.